The molecule has 98 valence electrons. The molecule has 1 amide bonds. The Hall–Kier alpha value is -1.80. The normalized spacial score (nSPS) is 10.3. The van der Waals surface area contributed by atoms with Gasteiger partial charge in [0.2, 0.25) is 5.91 Å². The van der Waals surface area contributed by atoms with Gasteiger partial charge in [-0.25, -0.2) is 0 Å². The topological polar surface area (TPSA) is 29.1 Å². The molecule has 0 radical (unpaired) electrons. The zero-order chi connectivity index (χ0) is 13.8. The van der Waals surface area contributed by atoms with Gasteiger partial charge in [0.1, 0.15) is 0 Å². The Morgan fingerprint density at radius 1 is 1.05 bits per heavy atom. The minimum atomic E-state index is -0.0210. The average Bonchev–Trinajstić information content (AvgIpc) is 2.30. The Balaban J connectivity index is 2.03. The molecule has 2 aromatic carbocycles. The van der Waals surface area contributed by atoms with Crippen LogP contribution in [0.3, 0.4) is 0 Å². The van der Waals surface area contributed by atoms with Crippen molar-refractivity contribution in [3.8, 4) is 0 Å². The predicted octanol–water partition coefficient (Wildman–Crippen LogP) is 4.14. The van der Waals surface area contributed by atoms with E-state index in [1.165, 1.54) is 0 Å². The van der Waals surface area contributed by atoms with Crippen molar-refractivity contribution in [1.82, 2.24) is 0 Å². The zero-order valence-electron chi connectivity index (χ0n) is 11.0. The number of nitrogens with one attached hydrogen (secondary N) is 1. The number of hydrogen-bond acceptors (Lipinski definition) is 1. The first-order valence-electron chi connectivity index (χ1n) is 6.15. The van der Waals surface area contributed by atoms with E-state index in [-0.39, 0.29) is 5.91 Å². The molecular weight excluding hydrogens is 258 g/mol. The van der Waals surface area contributed by atoms with Crippen molar-refractivity contribution < 1.29 is 4.79 Å². The van der Waals surface area contributed by atoms with E-state index in [4.69, 9.17) is 11.6 Å². The highest BCUT2D eigenvalue weighted by Crippen LogP contribution is 2.15. The second kappa shape index (κ2) is 5.89. The third-order valence-corrected chi connectivity index (χ3v) is 3.04. The van der Waals surface area contributed by atoms with Gasteiger partial charge in [0.05, 0.1) is 6.42 Å². The Morgan fingerprint density at radius 3 is 2.21 bits per heavy atom. The molecule has 0 aliphatic rings. The first-order chi connectivity index (χ1) is 9.02. The summed E-state index contributed by atoms with van der Waals surface area (Å²) in [5.74, 6) is -0.0210. The minimum Gasteiger partial charge on any atom is -0.326 e. The largest absolute Gasteiger partial charge is 0.326 e. The highest BCUT2D eigenvalue weighted by atomic mass is 35.5. The van der Waals surface area contributed by atoms with Crippen molar-refractivity contribution in [2.24, 2.45) is 0 Å². The maximum atomic E-state index is 11.9. The molecule has 0 aliphatic heterocycles. The molecule has 0 heterocycles. The lowest BCUT2D eigenvalue weighted by molar-refractivity contribution is -0.115. The molecule has 0 saturated heterocycles. The fourth-order valence-corrected chi connectivity index (χ4v) is 2.17. The van der Waals surface area contributed by atoms with Crippen LogP contribution in [0.4, 0.5) is 5.69 Å². The van der Waals surface area contributed by atoms with E-state index < -0.39 is 0 Å². The smallest absolute Gasteiger partial charge is 0.228 e. The summed E-state index contributed by atoms with van der Waals surface area (Å²) >= 11 is 5.81. The number of rotatable bonds is 3. The van der Waals surface area contributed by atoms with Gasteiger partial charge in [0, 0.05) is 10.7 Å². The minimum absolute atomic E-state index is 0.0210. The fraction of sp³-hybridized carbons (Fsp3) is 0.188. The van der Waals surface area contributed by atoms with Crippen LogP contribution in [0.1, 0.15) is 16.7 Å². The van der Waals surface area contributed by atoms with Crippen LogP contribution in [0.2, 0.25) is 5.02 Å². The number of amides is 1. The van der Waals surface area contributed by atoms with Crippen LogP contribution in [0, 0.1) is 13.8 Å². The van der Waals surface area contributed by atoms with Crippen molar-refractivity contribution in [3.63, 3.8) is 0 Å². The number of anilines is 1. The predicted molar refractivity (Wildman–Crippen MR) is 79.7 cm³/mol. The molecule has 0 aliphatic carbocycles. The van der Waals surface area contributed by atoms with E-state index >= 15 is 0 Å². The summed E-state index contributed by atoms with van der Waals surface area (Å²) in [7, 11) is 0. The van der Waals surface area contributed by atoms with Gasteiger partial charge in [0.25, 0.3) is 0 Å². The molecule has 0 saturated carbocycles. The van der Waals surface area contributed by atoms with E-state index in [1.807, 2.05) is 38.1 Å². The molecule has 2 rings (SSSR count). The third-order valence-electron chi connectivity index (χ3n) is 2.78. The van der Waals surface area contributed by atoms with E-state index in [0.717, 1.165) is 22.4 Å². The standard InChI is InChI=1S/C16H16ClNO/c1-11-7-12(2)9-15(8-11)18-16(19)10-13-3-5-14(17)6-4-13/h3-9H,10H2,1-2H3,(H,18,19). The maximum Gasteiger partial charge on any atom is 0.228 e. The fourth-order valence-electron chi connectivity index (χ4n) is 2.04. The first-order valence-corrected chi connectivity index (χ1v) is 6.53. The maximum absolute atomic E-state index is 11.9. The highest BCUT2D eigenvalue weighted by Gasteiger charge is 2.05. The Kier molecular flexibility index (Phi) is 4.23. The van der Waals surface area contributed by atoms with E-state index in [0.29, 0.717) is 11.4 Å². The second-order valence-electron chi connectivity index (χ2n) is 4.73. The molecular formula is C16H16ClNO. The average molecular weight is 274 g/mol. The monoisotopic (exact) mass is 273 g/mol. The van der Waals surface area contributed by atoms with Crippen LogP contribution in [-0.4, -0.2) is 5.91 Å². The Bertz CT molecular complexity index is 570. The lowest BCUT2D eigenvalue weighted by Gasteiger charge is -2.07. The number of carbonyl (C=O) groups excluding carboxylic acids is 1. The van der Waals surface area contributed by atoms with E-state index in [1.54, 1.807) is 12.1 Å². The van der Waals surface area contributed by atoms with Crippen LogP contribution in [0.25, 0.3) is 0 Å². The quantitative estimate of drug-likeness (QED) is 0.895. The number of benzene rings is 2. The summed E-state index contributed by atoms with van der Waals surface area (Å²) in [4.78, 5) is 11.9. The molecule has 0 bridgehead atoms. The number of carbonyl (C=O) groups is 1. The number of hydrogen-bond donors (Lipinski definition) is 1. The van der Waals surface area contributed by atoms with Crippen molar-refractivity contribution in [3.05, 3.63) is 64.2 Å². The van der Waals surface area contributed by atoms with Gasteiger partial charge in [0.15, 0.2) is 0 Å². The van der Waals surface area contributed by atoms with Gasteiger partial charge < -0.3 is 5.32 Å². The summed E-state index contributed by atoms with van der Waals surface area (Å²) in [5, 5.41) is 3.59. The summed E-state index contributed by atoms with van der Waals surface area (Å²) in [6, 6.07) is 13.3. The molecule has 0 fully saturated rings. The molecule has 0 spiro atoms. The molecule has 1 N–H and O–H groups in total. The van der Waals surface area contributed by atoms with Crippen LogP contribution in [0.5, 0.6) is 0 Å². The molecule has 0 unspecified atom stereocenters. The summed E-state index contributed by atoms with van der Waals surface area (Å²) in [5.41, 5.74) is 4.08. The molecule has 0 atom stereocenters. The molecule has 2 aromatic rings. The SMILES string of the molecule is Cc1cc(C)cc(NC(=O)Cc2ccc(Cl)cc2)c1. The zero-order valence-corrected chi connectivity index (χ0v) is 11.8. The van der Waals surface area contributed by atoms with E-state index in [9.17, 15) is 4.79 Å². The Labute approximate surface area is 118 Å². The lowest BCUT2D eigenvalue weighted by Crippen LogP contribution is -2.14. The Morgan fingerprint density at radius 2 is 1.63 bits per heavy atom. The molecule has 2 nitrogen and oxygen atoms in total. The van der Waals surface area contributed by atoms with Gasteiger partial charge >= 0.3 is 0 Å². The second-order valence-corrected chi connectivity index (χ2v) is 5.16. The first kappa shape index (κ1) is 13.6. The highest BCUT2D eigenvalue weighted by molar-refractivity contribution is 6.30. The summed E-state index contributed by atoms with van der Waals surface area (Å²) < 4.78 is 0. The number of aryl methyl sites for hydroxylation is 2. The van der Waals surface area contributed by atoms with Crippen molar-refractivity contribution in [2.45, 2.75) is 20.3 Å². The van der Waals surface area contributed by atoms with Gasteiger partial charge in [-0.05, 0) is 54.8 Å². The van der Waals surface area contributed by atoms with Crippen LogP contribution in [-0.2, 0) is 11.2 Å². The third kappa shape index (κ3) is 4.11. The van der Waals surface area contributed by atoms with Crippen molar-refractivity contribution in [1.29, 1.82) is 0 Å². The summed E-state index contributed by atoms with van der Waals surface area (Å²) in [6.45, 7) is 4.03. The molecule has 19 heavy (non-hydrogen) atoms. The van der Waals surface area contributed by atoms with E-state index in [2.05, 4.69) is 11.4 Å². The van der Waals surface area contributed by atoms with Gasteiger partial charge in [-0.3, -0.25) is 4.79 Å². The van der Waals surface area contributed by atoms with Crippen molar-refractivity contribution in [2.75, 3.05) is 5.32 Å². The van der Waals surface area contributed by atoms with Crippen LogP contribution >= 0.6 is 11.6 Å². The number of halogens is 1. The van der Waals surface area contributed by atoms with Crippen molar-refractivity contribution >= 4 is 23.2 Å². The van der Waals surface area contributed by atoms with Crippen LogP contribution < -0.4 is 5.32 Å². The molecule has 0 aromatic heterocycles. The van der Waals surface area contributed by atoms with Crippen LogP contribution in [0.15, 0.2) is 42.5 Å². The summed E-state index contributed by atoms with van der Waals surface area (Å²) in [6.07, 6.45) is 0.351. The van der Waals surface area contributed by atoms with Gasteiger partial charge in [-0.1, -0.05) is 29.8 Å². The lowest BCUT2D eigenvalue weighted by atomic mass is 10.1. The van der Waals surface area contributed by atoms with Gasteiger partial charge in [-0.2, -0.15) is 0 Å². The van der Waals surface area contributed by atoms with Gasteiger partial charge in [-0.15, -0.1) is 0 Å². The molecule has 3 heteroatoms.